The van der Waals surface area contributed by atoms with E-state index in [-0.39, 0.29) is 22.2 Å². The second kappa shape index (κ2) is 9.63. The summed E-state index contributed by atoms with van der Waals surface area (Å²) in [6, 6.07) is 8.23. The summed E-state index contributed by atoms with van der Waals surface area (Å²) in [6.45, 7) is 7.28. The van der Waals surface area contributed by atoms with Gasteiger partial charge < -0.3 is 19.4 Å². The number of carbonyl (C=O) groups excluding carboxylic acids is 1. The van der Waals surface area contributed by atoms with Gasteiger partial charge in [-0.1, -0.05) is 20.8 Å². The maximum absolute atomic E-state index is 15.3. The predicted octanol–water partition coefficient (Wildman–Crippen LogP) is 7.07. The number of fused-ring (bicyclic) bond motifs is 1. The normalized spacial score (nSPS) is 19.8. The molecule has 0 bridgehead atoms. The molecule has 6 nitrogen and oxygen atoms in total. The maximum atomic E-state index is 15.3. The number of imidazole rings is 1. The van der Waals surface area contributed by atoms with E-state index in [0.29, 0.717) is 35.5 Å². The van der Waals surface area contributed by atoms with Gasteiger partial charge in [0.2, 0.25) is 5.95 Å². The highest BCUT2D eigenvalue weighted by Gasteiger charge is 2.33. The summed E-state index contributed by atoms with van der Waals surface area (Å²) in [6.07, 6.45) is -1.66. The van der Waals surface area contributed by atoms with Crippen molar-refractivity contribution in [3.8, 4) is 5.75 Å². The van der Waals surface area contributed by atoms with Crippen molar-refractivity contribution in [2.45, 2.75) is 52.9 Å². The lowest BCUT2D eigenvalue weighted by Crippen LogP contribution is -2.30. The van der Waals surface area contributed by atoms with Gasteiger partial charge in [0.05, 0.1) is 18.2 Å². The number of anilines is 2. The van der Waals surface area contributed by atoms with Crippen molar-refractivity contribution in [2.75, 3.05) is 12.4 Å². The number of rotatable bonds is 6. The van der Waals surface area contributed by atoms with Gasteiger partial charge in [0.15, 0.2) is 5.82 Å². The molecule has 1 aliphatic carbocycles. The number of esters is 1. The van der Waals surface area contributed by atoms with Crippen molar-refractivity contribution in [1.29, 1.82) is 0 Å². The third-order valence-electron chi connectivity index (χ3n) is 6.53. The molecule has 0 spiro atoms. The Hall–Kier alpha value is -3.30. The number of aromatic nitrogens is 2. The fraction of sp³-hybridized carbons (Fsp3) is 0.462. The van der Waals surface area contributed by atoms with Crippen LogP contribution in [0.5, 0.6) is 5.75 Å². The molecule has 0 amide bonds. The fourth-order valence-corrected chi connectivity index (χ4v) is 5.52. The minimum absolute atomic E-state index is 0.0144. The molecular weight excluding hydrogens is 478 g/mol. The minimum Gasteiger partial charge on any atom is -0.465 e. The molecule has 1 heterocycles. The molecule has 194 valence electrons. The van der Waals surface area contributed by atoms with E-state index < -0.39 is 18.1 Å². The smallest absolute Gasteiger partial charge is 0.465 e. The van der Waals surface area contributed by atoms with Gasteiger partial charge >= 0.3 is 12.3 Å². The second-order valence-electron chi connectivity index (χ2n) is 10.3. The average Bonchev–Trinajstić information content (AvgIpc) is 3.10. The van der Waals surface area contributed by atoms with E-state index in [0.717, 1.165) is 19.3 Å². The first-order chi connectivity index (χ1) is 16.8. The zero-order valence-corrected chi connectivity index (χ0v) is 20.6. The van der Waals surface area contributed by atoms with Crippen LogP contribution in [0.1, 0.15) is 50.4 Å². The summed E-state index contributed by atoms with van der Waals surface area (Å²) >= 11 is 0. The van der Waals surface area contributed by atoms with Crippen LogP contribution >= 0.6 is 0 Å². The van der Waals surface area contributed by atoms with Crippen LogP contribution < -0.4 is 10.1 Å². The molecule has 1 fully saturated rings. The molecule has 2 atom stereocenters. The average molecular weight is 508 g/mol. The summed E-state index contributed by atoms with van der Waals surface area (Å²) in [4.78, 5) is 16.5. The number of halogens is 4. The van der Waals surface area contributed by atoms with Gasteiger partial charge in [-0.3, -0.25) is 0 Å². The van der Waals surface area contributed by atoms with Crippen molar-refractivity contribution in [1.82, 2.24) is 9.55 Å². The van der Waals surface area contributed by atoms with Gasteiger partial charge in [0.1, 0.15) is 11.3 Å². The van der Waals surface area contributed by atoms with Crippen LogP contribution in [0.3, 0.4) is 0 Å². The Kier molecular flexibility index (Phi) is 6.90. The summed E-state index contributed by atoms with van der Waals surface area (Å²) in [5.74, 6) is -0.768. The van der Waals surface area contributed by atoms with Crippen LogP contribution in [0.25, 0.3) is 11.0 Å². The number of benzene rings is 2. The van der Waals surface area contributed by atoms with Crippen molar-refractivity contribution in [3.63, 3.8) is 0 Å². The number of hydrogen-bond donors (Lipinski definition) is 1. The van der Waals surface area contributed by atoms with Gasteiger partial charge in [-0.2, -0.15) is 0 Å². The summed E-state index contributed by atoms with van der Waals surface area (Å²) in [7, 11) is 1.18. The zero-order chi connectivity index (χ0) is 26.3. The monoisotopic (exact) mass is 507 g/mol. The Morgan fingerprint density at radius 1 is 1.17 bits per heavy atom. The molecule has 2 aromatic carbocycles. The molecule has 1 unspecified atom stereocenters. The molecular formula is C26H29F4N3O3. The molecule has 0 aliphatic heterocycles. The molecule has 1 aromatic heterocycles. The Morgan fingerprint density at radius 2 is 1.86 bits per heavy atom. The number of nitrogens with one attached hydrogen (secondary N) is 1. The Balaban J connectivity index is 1.72. The van der Waals surface area contributed by atoms with Gasteiger partial charge in [0, 0.05) is 12.2 Å². The fourth-order valence-electron chi connectivity index (χ4n) is 5.52. The summed E-state index contributed by atoms with van der Waals surface area (Å²) in [5.41, 5.74) is 0.926. The Labute approximate surface area is 206 Å². The number of nitrogens with zero attached hydrogens (tertiary/aromatic N) is 2. The van der Waals surface area contributed by atoms with Gasteiger partial charge in [-0.25, -0.2) is 14.2 Å². The van der Waals surface area contributed by atoms with Crippen LogP contribution in [0.15, 0.2) is 36.4 Å². The molecule has 10 heteroatoms. The highest BCUT2D eigenvalue weighted by Crippen LogP contribution is 2.43. The first-order valence-corrected chi connectivity index (χ1v) is 11.7. The van der Waals surface area contributed by atoms with E-state index in [2.05, 4.69) is 40.5 Å². The molecule has 3 aromatic rings. The van der Waals surface area contributed by atoms with E-state index in [1.54, 1.807) is 6.07 Å². The molecule has 1 N–H and O–H groups in total. The number of hydrogen-bond acceptors (Lipinski definition) is 5. The topological polar surface area (TPSA) is 65.4 Å². The lowest BCUT2D eigenvalue weighted by atomic mass is 9.68. The number of ether oxygens (including phenoxy) is 2. The first kappa shape index (κ1) is 25.8. The van der Waals surface area contributed by atoms with E-state index >= 15 is 4.39 Å². The molecule has 0 radical (unpaired) electrons. The number of alkyl halides is 3. The van der Waals surface area contributed by atoms with Crippen molar-refractivity contribution in [2.24, 2.45) is 17.3 Å². The minimum atomic E-state index is -4.79. The van der Waals surface area contributed by atoms with Crippen molar-refractivity contribution in [3.05, 3.63) is 47.8 Å². The standard InChI is InChI=1S/C26H29F4N3O3/c1-15-11-16(13-25(2,3)12-15)14-33-20-10-9-19(23(34)35-4)21(27)22(20)32-24(33)31-17-5-7-18(8-6-17)36-26(28,29)30/h5-10,15-16H,11-14H2,1-4H3,(H,31,32)/t15?,16-/m1/s1. The van der Waals surface area contributed by atoms with Gasteiger partial charge in [0.25, 0.3) is 0 Å². The Morgan fingerprint density at radius 3 is 2.47 bits per heavy atom. The highest BCUT2D eigenvalue weighted by molar-refractivity contribution is 5.95. The number of carbonyl (C=O) groups is 1. The van der Waals surface area contributed by atoms with Gasteiger partial charge in [-0.05, 0) is 72.9 Å². The SMILES string of the molecule is COC(=O)c1ccc2c(nc(Nc3ccc(OC(F)(F)F)cc3)n2C[C@@H]2CC(C)CC(C)(C)C2)c1F. The molecule has 4 rings (SSSR count). The van der Waals surface area contributed by atoms with E-state index in [1.807, 2.05) is 4.57 Å². The zero-order valence-electron chi connectivity index (χ0n) is 20.6. The van der Waals surface area contributed by atoms with E-state index in [4.69, 9.17) is 0 Å². The highest BCUT2D eigenvalue weighted by atomic mass is 19.4. The van der Waals surface area contributed by atoms with Crippen LogP contribution in [-0.4, -0.2) is 29.0 Å². The van der Waals surface area contributed by atoms with E-state index in [9.17, 15) is 18.0 Å². The second-order valence-corrected chi connectivity index (χ2v) is 10.3. The number of methoxy groups -OCH3 is 1. The quantitative estimate of drug-likeness (QED) is 0.286. The summed E-state index contributed by atoms with van der Waals surface area (Å²) in [5, 5.41) is 3.10. The molecule has 1 aliphatic rings. The maximum Gasteiger partial charge on any atom is 0.573 e. The van der Waals surface area contributed by atoms with Crippen molar-refractivity contribution < 1.29 is 31.8 Å². The lowest BCUT2D eigenvalue weighted by Gasteiger charge is -2.39. The molecule has 0 saturated heterocycles. The van der Waals surface area contributed by atoms with Crippen molar-refractivity contribution >= 4 is 28.6 Å². The molecule has 1 saturated carbocycles. The molecule has 36 heavy (non-hydrogen) atoms. The predicted molar refractivity (Wildman–Crippen MR) is 128 cm³/mol. The van der Waals surface area contributed by atoms with Crippen LogP contribution in [0, 0.1) is 23.1 Å². The van der Waals surface area contributed by atoms with Crippen LogP contribution in [-0.2, 0) is 11.3 Å². The Bertz CT molecular complexity index is 1250. The lowest BCUT2D eigenvalue weighted by molar-refractivity contribution is -0.274. The first-order valence-electron chi connectivity index (χ1n) is 11.7. The van der Waals surface area contributed by atoms with Gasteiger partial charge in [-0.15, -0.1) is 13.2 Å². The van der Waals surface area contributed by atoms with Crippen LogP contribution in [0.4, 0.5) is 29.2 Å². The largest absolute Gasteiger partial charge is 0.573 e. The third-order valence-corrected chi connectivity index (χ3v) is 6.53. The summed E-state index contributed by atoms with van der Waals surface area (Å²) < 4.78 is 63.3. The third kappa shape index (κ3) is 5.74. The van der Waals surface area contributed by atoms with Crippen LogP contribution in [0.2, 0.25) is 0 Å². The van der Waals surface area contributed by atoms with E-state index in [1.165, 1.54) is 37.4 Å².